The predicted octanol–water partition coefficient (Wildman–Crippen LogP) is 4.67. The molecule has 24 heavy (non-hydrogen) atoms. The average Bonchev–Trinajstić information content (AvgIpc) is 3.21. The van der Waals surface area contributed by atoms with Crippen LogP contribution in [0.1, 0.15) is 10.6 Å². The molecule has 0 saturated carbocycles. The van der Waals surface area contributed by atoms with Crippen molar-refractivity contribution in [1.82, 2.24) is 20.0 Å². The van der Waals surface area contributed by atoms with Gasteiger partial charge in [0.05, 0.1) is 11.4 Å². The first-order valence-corrected chi connectivity index (χ1v) is 8.56. The van der Waals surface area contributed by atoms with Crippen molar-refractivity contribution in [1.29, 1.82) is 0 Å². The van der Waals surface area contributed by atoms with Crippen LogP contribution in [0.5, 0.6) is 0 Å². The van der Waals surface area contributed by atoms with Gasteiger partial charge in [-0.2, -0.15) is 4.80 Å². The standard InChI is InChI=1S/C19H16N4S/c1-13-14(2)24-19(20-13)18-17(15-9-5-3-6-10-15)21-23(22-18)16-11-7-4-8-12-16/h3-12H,1-2H3. The number of nitrogens with zero attached hydrogens (tertiary/aromatic N) is 4. The van der Waals surface area contributed by atoms with Crippen LogP contribution in [-0.4, -0.2) is 20.0 Å². The first-order valence-electron chi connectivity index (χ1n) is 7.75. The summed E-state index contributed by atoms with van der Waals surface area (Å²) in [6, 6.07) is 20.1. The number of aryl methyl sites for hydroxylation is 2. The van der Waals surface area contributed by atoms with E-state index >= 15 is 0 Å². The van der Waals surface area contributed by atoms with Gasteiger partial charge >= 0.3 is 0 Å². The second-order valence-electron chi connectivity index (χ2n) is 5.55. The van der Waals surface area contributed by atoms with Crippen LogP contribution in [0, 0.1) is 13.8 Å². The summed E-state index contributed by atoms with van der Waals surface area (Å²) in [7, 11) is 0. The quantitative estimate of drug-likeness (QED) is 0.547. The molecule has 0 saturated heterocycles. The van der Waals surface area contributed by atoms with Crippen molar-refractivity contribution >= 4 is 11.3 Å². The second-order valence-corrected chi connectivity index (χ2v) is 6.75. The van der Waals surface area contributed by atoms with Gasteiger partial charge in [0.15, 0.2) is 0 Å². The van der Waals surface area contributed by atoms with E-state index in [1.165, 1.54) is 4.88 Å². The molecule has 118 valence electrons. The molecule has 0 amide bonds. The Kier molecular flexibility index (Phi) is 3.70. The van der Waals surface area contributed by atoms with Gasteiger partial charge in [-0.3, -0.25) is 0 Å². The monoisotopic (exact) mass is 332 g/mol. The lowest BCUT2D eigenvalue weighted by Crippen LogP contribution is -1.98. The van der Waals surface area contributed by atoms with Gasteiger partial charge in [0.1, 0.15) is 16.4 Å². The lowest BCUT2D eigenvalue weighted by molar-refractivity contribution is 0.755. The van der Waals surface area contributed by atoms with Gasteiger partial charge in [0, 0.05) is 10.4 Å². The van der Waals surface area contributed by atoms with E-state index in [4.69, 9.17) is 10.2 Å². The summed E-state index contributed by atoms with van der Waals surface area (Å²) in [5.74, 6) is 0. The summed E-state index contributed by atoms with van der Waals surface area (Å²) in [4.78, 5) is 7.57. The van der Waals surface area contributed by atoms with Gasteiger partial charge in [-0.25, -0.2) is 4.98 Å². The summed E-state index contributed by atoms with van der Waals surface area (Å²) in [6.07, 6.45) is 0. The smallest absolute Gasteiger partial charge is 0.150 e. The molecule has 0 aliphatic heterocycles. The van der Waals surface area contributed by atoms with E-state index in [9.17, 15) is 0 Å². The molecule has 4 nitrogen and oxygen atoms in total. The Morgan fingerprint density at radius 1 is 0.792 bits per heavy atom. The van der Waals surface area contributed by atoms with E-state index in [2.05, 4.69) is 24.0 Å². The number of hydrogen-bond acceptors (Lipinski definition) is 4. The molecule has 0 fully saturated rings. The van der Waals surface area contributed by atoms with Gasteiger partial charge in [-0.1, -0.05) is 48.5 Å². The lowest BCUT2D eigenvalue weighted by Gasteiger charge is -1.98. The predicted molar refractivity (Wildman–Crippen MR) is 97.4 cm³/mol. The zero-order valence-corrected chi connectivity index (χ0v) is 14.3. The van der Waals surface area contributed by atoms with E-state index in [0.717, 1.165) is 33.3 Å². The summed E-state index contributed by atoms with van der Waals surface area (Å²) >= 11 is 1.66. The third kappa shape index (κ3) is 2.63. The fourth-order valence-electron chi connectivity index (χ4n) is 2.49. The van der Waals surface area contributed by atoms with E-state index in [0.29, 0.717) is 0 Å². The Balaban J connectivity index is 1.92. The maximum atomic E-state index is 4.74. The molecule has 5 heteroatoms. The first-order chi connectivity index (χ1) is 11.7. The van der Waals surface area contributed by atoms with Crippen molar-refractivity contribution in [3.05, 3.63) is 71.2 Å². The Bertz CT molecular complexity index is 952. The molecule has 0 aliphatic rings. The van der Waals surface area contributed by atoms with E-state index in [1.54, 1.807) is 16.1 Å². The Labute approximate surface area is 144 Å². The van der Waals surface area contributed by atoms with E-state index < -0.39 is 0 Å². The summed E-state index contributed by atoms with van der Waals surface area (Å²) in [5.41, 5.74) is 4.70. The second kappa shape index (κ2) is 6.02. The van der Waals surface area contributed by atoms with Gasteiger partial charge in [0.25, 0.3) is 0 Å². The molecule has 0 bridgehead atoms. The highest BCUT2D eigenvalue weighted by molar-refractivity contribution is 7.15. The minimum Gasteiger partial charge on any atom is -0.239 e. The van der Waals surface area contributed by atoms with Gasteiger partial charge in [0.2, 0.25) is 0 Å². The number of hydrogen-bond donors (Lipinski definition) is 0. The molecule has 4 aromatic rings. The number of benzene rings is 2. The van der Waals surface area contributed by atoms with Gasteiger partial charge < -0.3 is 0 Å². The SMILES string of the molecule is Cc1nc(-c2nn(-c3ccccc3)nc2-c2ccccc2)sc1C. The Morgan fingerprint density at radius 3 is 2.04 bits per heavy atom. The zero-order chi connectivity index (χ0) is 16.5. The van der Waals surface area contributed by atoms with Crippen LogP contribution < -0.4 is 0 Å². The molecule has 2 aromatic carbocycles. The highest BCUT2D eigenvalue weighted by Crippen LogP contribution is 2.33. The maximum absolute atomic E-state index is 4.74. The molecule has 0 N–H and O–H groups in total. The molecule has 2 aromatic heterocycles. The largest absolute Gasteiger partial charge is 0.239 e. The van der Waals surface area contributed by atoms with Crippen molar-refractivity contribution in [2.75, 3.05) is 0 Å². The summed E-state index contributed by atoms with van der Waals surface area (Å²) in [6.45, 7) is 4.11. The van der Waals surface area contributed by atoms with Crippen molar-refractivity contribution in [2.45, 2.75) is 13.8 Å². The molecule has 0 aliphatic carbocycles. The molecular weight excluding hydrogens is 316 g/mol. The first kappa shape index (κ1) is 14.8. The van der Waals surface area contributed by atoms with Crippen molar-refractivity contribution in [3.63, 3.8) is 0 Å². The summed E-state index contributed by atoms with van der Waals surface area (Å²) < 4.78 is 0. The number of thiazole rings is 1. The van der Waals surface area contributed by atoms with E-state index in [-0.39, 0.29) is 0 Å². The van der Waals surface area contributed by atoms with Gasteiger partial charge in [-0.15, -0.1) is 21.5 Å². The summed E-state index contributed by atoms with van der Waals surface area (Å²) in [5, 5.41) is 10.4. The minimum absolute atomic E-state index is 0.825. The fourth-order valence-corrected chi connectivity index (χ4v) is 3.39. The molecule has 4 rings (SSSR count). The van der Waals surface area contributed by atoms with Crippen molar-refractivity contribution in [3.8, 4) is 27.6 Å². The molecule has 0 atom stereocenters. The number of para-hydroxylation sites is 1. The van der Waals surface area contributed by atoms with Crippen LogP contribution in [-0.2, 0) is 0 Å². The van der Waals surface area contributed by atoms with Crippen LogP contribution in [0.2, 0.25) is 0 Å². The van der Waals surface area contributed by atoms with Crippen molar-refractivity contribution in [2.24, 2.45) is 0 Å². The Morgan fingerprint density at radius 2 is 1.42 bits per heavy atom. The highest BCUT2D eigenvalue weighted by atomic mass is 32.1. The molecule has 0 spiro atoms. The molecule has 0 radical (unpaired) electrons. The van der Waals surface area contributed by atoms with Crippen LogP contribution in [0.25, 0.3) is 27.6 Å². The van der Waals surface area contributed by atoms with Crippen LogP contribution in [0.4, 0.5) is 0 Å². The third-order valence-corrected chi connectivity index (χ3v) is 4.96. The van der Waals surface area contributed by atoms with Crippen molar-refractivity contribution < 1.29 is 0 Å². The number of aromatic nitrogens is 4. The minimum atomic E-state index is 0.825. The molecule has 0 unspecified atom stereocenters. The van der Waals surface area contributed by atoms with E-state index in [1.807, 2.05) is 55.5 Å². The van der Waals surface area contributed by atoms with Crippen LogP contribution in [0.15, 0.2) is 60.7 Å². The van der Waals surface area contributed by atoms with Crippen LogP contribution in [0.3, 0.4) is 0 Å². The normalized spacial score (nSPS) is 10.9. The topological polar surface area (TPSA) is 43.6 Å². The molecule has 2 heterocycles. The maximum Gasteiger partial charge on any atom is 0.150 e. The lowest BCUT2D eigenvalue weighted by atomic mass is 10.1. The zero-order valence-electron chi connectivity index (χ0n) is 13.5. The average molecular weight is 332 g/mol. The number of rotatable bonds is 3. The molecular formula is C19H16N4S. The fraction of sp³-hybridized carbons (Fsp3) is 0.105. The van der Waals surface area contributed by atoms with Gasteiger partial charge in [-0.05, 0) is 26.0 Å². The third-order valence-electron chi connectivity index (χ3n) is 3.88. The highest BCUT2D eigenvalue weighted by Gasteiger charge is 2.19. The Hall–Kier alpha value is -2.79. The van der Waals surface area contributed by atoms with Crippen LogP contribution >= 0.6 is 11.3 Å².